The zero-order valence-electron chi connectivity index (χ0n) is 9.09. The fourth-order valence-corrected chi connectivity index (χ4v) is 2.36. The molecular formula is C10H13N3O3S. The van der Waals surface area contributed by atoms with Crippen molar-refractivity contribution in [2.75, 3.05) is 6.54 Å². The molecule has 0 aliphatic heterocycles. The fraction of sp³-hybridized carbons (Fsp3) is 0.500. The standard InChI is InChI=1S/C10H13N3O3S/c11-4-8(6-1-2-6)12-10(14)7-3-9(13(15)16)17-5-7/h3,5-6,8H,1-2,4,11H2,(H,12,14). The lowest BCUT2D eigenvalue weighted by Gasteiger charge is -2.15. The van der Waals surface area contributed by atoms with Crippen molar-refractivity contribution in [2.24, 2.45) is 11.7 Å². The largest absolute Gasteiger partial charge is 0.348 e. The van der Waals surface area contributed by atoms with E-state index in [1.165, 1.54) is 11.4 Å². The van der Waals surface area contributed by atoms with E-state index in [4.69, 9.17) is 5.73 Å². The topological polar surface area (TPSA) is 98.3 Å². The van der Waals surface area contributed by atoms with Crippen LogP contribution in [0.5, 0.6) is 0 Å². The minimum absolute atomic E-state index is 0.0125. The van der Waals surface area contributed by atoms with E-state index in [0.29, 0.717) is 18.0 Å². The molecule has 1 atom stereocenters. The molecule has 1 aliphatic rings. The third-order valence-electron chi connectivity index (χ3n) is 2.79. The summed E-state index contributed by atoms with van der Waals surface area (Å²) in [6, 6.07) is 1.28. The highest BCUT2D eigenvalue weighted by molar-refractivity contribution is 7.13. The van der Waals surface area contributed by atoms with Crippen molar-refractivity contribution in [3.8, 4) is 0 Å². The summed E-state index contributed by atoms with van der Waals surface area (Å²) in [6.45, 7) is 0.405. The van der Waals surface area contributed by atoms with Crippen molar-refractivity contribution in [3.63, 3.8) is 0 Å². The van der Waals surface area contributed by atoms with Gasteiger partial charge in [0.25, 0.3) is 5.91 Å². The van der Waals surface area contributed by atoms with Gasteiger partial charge in [-0.05, 0) is 18.8 Å². The molecule has 1 saturated carbocycles. The minimum atomic E-state index is -0.497. The maximum atomic E-state index is 11.8. The summed E-state index contributed by atoms with van der Waals surface area (Å²) in [5, 5.41) is 14.8. The number of hydrogen-bond acceptors (Lipinski definition) is 5. The summed E-state index contributed by atoms with van der Waals surface area (Å²) in [5.41, 5.74) is 5.91. The average Bonchev–Trinajstić information content (AvgIpc) is 3.01. The van der Waals surface area contributed by atoms with Crippen LogP contribution in [-0.4, -0.2) is 23.4 Å². The molecule has 0 radical (unpaired) electrons. The first kappa shape index (κ1) is 12.0. The molecule has 3 N–H and O–H groups in total. The van der Waals surface area contributed by atoms with Crippen molar-refractivity contribution in [2.45, 2.75) is 18.9 Å². The minimum Gasteiger partial charge on any atom is -0.348 e. The monoisotopic (exact) mass is 255 g/mol. The van der Waals surface area contributed by atoms with Crippen LogP contribution >= 0.6 is 11.3 Å². The van der Waals surface area contributed by atoms with E-state index in [1.54, 1.807) is 0 Å². The molecule has 1 heterocycles. The first-order valence-electron chi connectivity index (χ1n) is 5.35. The van der Waals surface area contributed by atoms with E-state index in [1.807, 2.05) is 0 Å². The molecule has 92 valence electrons. The lowest BCUT2D eigenvalue weighted by Crippen LogP contribution is -2.41. The molecule has 0 saturated heterocycles. The number of carbonyl (C=O) groups excluding carboxylic acids is 1. The third-order valence-corrected chi connectivity index (χ3v) is 3.67. The number of nitrogens with two attached hydrogens (primary N) is 1. The number of amides is 1. The second kappa shape index (κ2) is 4.80. The van der Waals surface area contributed by atoms with Gasteiger partial charge in [0, 0.05) is 24.0 Å². The van der Waals surface area contributed by atoms with Gasteiger partial charge >= 0.3 is 5.00 Å². The van der Waals surface area contributed by atoms with Gasteiger partial charge in [-0.25, -0.2) is 0 Å². The second-order valence-electron chi connectivity index (χ2n) is 4.08. The summed E-state index contributed by atoms with van der Waals surface area (Å²) >= 11 is 0.954. The fourth-order valence-electron chi connectivity index (χ4n) is 1.66. The Balaban J connectivity index is 2.00. The van der Waals surface area contributed by atoms with Crippen LogP contribution in [0.4, 0.5) is 5.00 Å². The quantitative estimate of drug-likeness (QED) is 0.608. The zero-order chi connectivity index (χ0) is 12.4. The number of nitro groups is 1. The van der Waals surface area contributed by atoms with Gasteiger partial charge in [-0.15, -0.1) is 0 Å². The second-order valence-corrected chi connectivity index (χ2v) is 4.97. The molecule has 1 aliphatic carbocycles. The van der Waals surface area contributed by atoms with Crippen LogP contribution < -0.4 is 11.1 Å². The number of carbonyl (C=O) groups is 1. The Morgan fingerprint density at radius 3 is 2.88 bits per heavy atom. The maximum absolute atomic E-state index is 11.8. The highest BCUT2D eigenvalue weighted by atomic mass is 32.1. The van der Waals surface area contributed by atoms with Crippen LogP contribution in [0.25, 0.3) is 0 Å². The van der Waals surface area contributed by atoms with Gasteiger partial charge < -0.3 is 11.1 Å². The van der Waals surface area contributed by atoms with Crippen LogP contribution in [0, 0.1) is 16.0 Å². The molecule has 1 fully saturated rings. The van der Waals surface area contributed by atoms with Crippen molar-refractivity contribution in [1.82, 2.24) is 5.32 Å². The number of hydrogen-bond donors (Lipinski definition) is 2. The number of thiophene rings is 1. The molecule has 0 spiro atoms. The Morgan fingerprint density at radius 2 is 2.41 bits per heavy atom. The Bertz CT molecular complexity index is 442. The number of nitrogens with zero attached hydrogens (tertiary/aromatic N) is 1. The first-order valence-corrected chi connectivity index (χ1v) is 6.23. The Morgan fingerprint density at radius 1 is 1.71 bits per heavy atom. The molecule has 1 unspecified atom stereocenters. The van der Waals surface area contributed by atoms with E-state index in [2.05, 4.69) is 5.32 Å². The summed E-state index contributed by atoms with van der Waals surface area (Å²) in [7, 11) is 0. The molecule has 6 nitrogen and oxygen atoms in total. The highest BCUT2D eigenvalue weighted by Gasteiger charge is 2.31. The third kappa shape index (κ3) is 2.80. The van der Waals surface area contributed by atoms with Gasteiger partial charge in [-0.1, -0.05) is 11.3 Å². The van der Waals surface area contributed by atoms with Gasteiger partial charge in [0.05, 0.1) is 10.5 Å². The van der Waals surface area contributed by atoms with Crippen LogP contribution in [0.3, 0.4) is 0 Å². The van der Waals surface area contributed by atoms with Gasteiger partial charge in [0.15, 0.2) is 0 Å². The Hall–Kier alpha value is -1.47. The van der Waals surface area contributed by atoms with Crippen LogP contribution in [0.2, 0.25) is 0 Å². The van der Waals surface area contributed by atoms with Crippen LogP contribution in [0.1, 0.15) is 23.2 Å². The lowest BCUT2D eigenvalue weighted by atomic mass is 10.1. The normalized spacial score (nSPS) is 16.5. The molecule has 0 bridgehead atoms. The highest BCUT2D eigenvalue weighted by Crippen LogP contribution is 2.32. The van der Waals surface area contributed by atoms with E-state index < -0.39 is 4.92 Å². The number of rotatable bonds is 5. The van der Waals surface area contributed by atoms with E-state index in [0.717, 1.165) is 24.2 Å². The van der Waals surface area contributed by atoms with Crippen molar-refractivity contribution >= 4 is 22.2 Å². The zero-order valence-corrected chi connectivity index (χ0v) is 9.90. The Labute approximate surface area is 102 Å². The van der Waals surface area contributed by atoms with Crippen molar-refractivity contribution in [1.29, 1.82) is 0 Å². The van der Waals surface area contributed by atoms with Crippen LogP contribution in [0.15, 0.2) is 11.4 Å². The van der Waals surface area contributed by atoms with Gasteiger partial charge in [0.1, 0.15) is 0 Å². The van der Waals surface area contributed by atoms with Gasteiger partial charge in [-0.3, -0.25) is 14.9 Å². The molecule has 1 aromatic rings. The van der Waals surface area contributed by atoms with Gasteiger partial charge in [-0.2, -0.15) is 0 Å². The summed E-state index contributed by atoms with van der Waals surface area (Å²) in [5.74, 6) is 0.189. The van der Waals surface area contributed by atoms with Crippen molar-refractivity contribution < 1.29 is 9.72 Å². The van der Waals surface area contributed by atoms with Gasteiger partial charge in [0.2, 0.25) is 0 Å². The SMILES string of the molecule is NCC(NC(=O)c1csc([N+](=O)[O-])c1)C1CC1. The number of nitrogens with one attached hydrogen (secondary N) is 1. The van der Waals surface area contributed by atoms with Crippen LogP contribution in [-0.2, 0) is 0 Å². The average molecular weight is 255 g/mol. The predicted molar refractivity (Wildman–Crippen MR) is 64.0 cm³/mol. The summed E-state index contributed by atoms with van der Waals surface area (Å²) in [6.07, 6.45) is 2.18. The van der Waals surface area contributed by atoms with Crippen molar-refractivity contribution in [3.05, 3.63) is 27.1 Å². The smallest absolute Gasteiger partial charge is 0.324 e. The van der Waals surface area contributed by atoms with E-state index in [9.17, 15) is 14.9 Å². The Kier molecular flexibility index (Phi) is 3.39. The van der Waals surface area contributed by atoms with E-state index in [-0.39, 0.29) is 17.0 Å². The first-order chi connectivity index (χ1) is 8.11. The molecular weight excluding hydrogens is 242 g/mol. The summed E-state index contributed by atoms with van der Waals surface area (Å²) in [4.78, 5) is 21.8. The summed E-state index contributed by atoms with van der Waals surface area (Å²) < 4.78 is 0. The molecule has 7 heteroatoms. The molecule has 2 rings (SSSR count). The molecule has 17 heavy (non-hydrogen) atoms. The molecule has 1 amide bonds. The predicted octanol–water partition coefficient (Wildman–Crippen LogP) is 1.12. The molecule has 0 aromatic carbocycles. The maximum Gasteiger partial charge on any atom is 0.324 e. The van der Waals surface area contributed by atoms with E-state index >= 15 is 0 Å². The lowest BCUT2D eigenvalue weighted by molar-refractivity contribution is -0.380. The molecule has 1 aromatic heterocycles.